The molecule has 144 valence electrons. The third kappa shape index (κ3) is 3.63. The Labute approximate surface area is 159 Å². The quantitative estimate of drug-likeness (QED) is 0.401. The van der Waals surface area contributed by atoms with E-state index in [4.69, 9.17) is 9.94 Å². The number of benzene rings is 2. The van der Waals surface area contributed by atoms with Crippen molar-refractivity contribution in [2.75, 3.05) is 7.11 Å². The zero-order valence-electron chi connectivity index (χ0n) is 15.3. The van der Waals surface area contributed by atoms with E-state index in [1.165, 1.54) is 22.2 Å². The Hall–Kier alpha value is -3.52. The Morgan fingerprint density at radius 1 is 1.32 bits per heavy atom. The summed E-state index contributed by atoms with van der Waals surface area (Å²) in [5.41, 5.74) is 1.94. The molecular formula is C20H18FN3O4. The summed E-state index contributed by atoms with van der Waals surface area (Å²) >= 11 is 0. The van der Waals surface area contributed by atoms with Gasteiger partial charge in [-0.2, -0.15) is 0 Å². The number of rotatable bonds is 5. The van der Waals surface area contributed by atoms with Crippen LogP contribution in [0.3, 0.4) is 0 Å². The van der Waals surface area contributed by atoms with Crippen molar-refractivity contribution in [2.45, 2.75) is 13.3 Å². The zero-order chi connectivity index (χ0) is 20.3. The van der Waals surface area contributed by atoms with Crippen LogP contribution < -0.4 is 15.8 Å². The van der Waals surface area contributed by atoms with Gasteiger partial charge in [0.15, 0.2) is 0 Å². The average Bonchev–Trinajstić information content (AvgIpc) is 2.72. The molecule has 3 aromatic rings. The van der Waals surface area contributed by atoms with E-state index < -0.39 is 11.7 Å². The lowest BCUT2D eigenvalue weighted by Gasteiger charge is -2.13. The number of hydroxylamine groups is 1. The molecule has 8 heteroatoms. The van der Waals surface area contributed by atoms with Gasteiger partial charge in [-0.25, -0.2) is 14.9 Å². The molecule has 1 aromatic heterocycles. The summed E-state index contributed by atoms with van der Waals surface area (Å²) in [6, 6.07) is 9.44. The number of nitrogens with zero attached hydrogens (tertiary/aromatic N) is 2. The zero-order valence-corrected chi connectivity index (χ0v) is 15.3. The average molecular weight is 383 g/mol. The van der Waals surface area contributed by atoms with Crippen molar-refractivity contribution in [3.63, 3.8) is 0 Å². The van der Waals surface area contributed by atoms with Gasteiger partial charge in [-0.3, -0.25) is 19.4 Å². The molecule has 1 heterocycles. The molecule has 2 aromatic carbocycles. The van der Waals surface area contributed by atoms with E-state index in [1.807, 2.05) is 6.92 Å². The minimum Gasteiger partial charge on any atom is -0.497 e. The van der Waals surface area contributed by atoms with Gasteiger partial charge >= 0.3 is 0 Å². The van der Waals surface area contributed by atoms with Crippen molar-refractivity contribution in [2.24, 2.45) is 0 Å². The van der Waals surface area contributed by atoms with Crippen molar-refractivity contribution in [1.29, 1.82) is 0 Å². The largest absolute Gasteiger partial charge is 0.497 e. The van der Waals surface area contributed by atoms with E-state index in [1.54, 1.807) is 31.4 Å². The first kappa shape index (κ1) is 19.2. The normalized spacial score (nSPS) is 11.1. The standard InChI is InChI=1S/C20H18FN3O4/c1-3-18-22-17-11-16(21)12(4-9-19(25)23-27)10-15(17)20(26)24(18)13-5-7-14(28-2)8-6-13/h4-11,27H,3H2,1-2H3,(H,23,25)/b9-4+. The lowest BCUT2D eigenvalue weighted by atomic mass is 10.1. The molecule has 0 radical (unpaired) electrons. The third-order valence-electron chi connectivity index (χ3n) is 4.23. The highest BCUT2D eigenvalue weighted by molar-refractivity contribution is 5.91. The first-order valence-corrected chi connectivity index (χ1v) is 8.50. The molecule has 7 nitrogen and oxygen atoms in total. The van der Waals surface area contributed by atoms with Gasteiger partial charge in [0.05, 0.1) is 23.7 Å². The van der Waals surface area contributed by atoms with Crippen LogP contribution in [0.15, 0.2) is 47.3 Å². The van der Waals surface area contributed by atoms with E-state index in [9.17, 15) is 14.0 Å². The highest BCUT2D eigenvalue weighted by atomic mass is 19.1. The first-order valence-electron chi connectivity index (χ1n) is 8.50. The number of amides is 1. The number of aryl methyl sites for hydroxylation is 1. The van der Waals surface area contributed by atoms with Crippen molar-refractivity contribution < 1.29 is 19.1 Å². The Morgan fingerprint density at radius 2 is 2.04 bits per heavy atom. The second-order valence-corrected chi connectivity index (χ2v) is 5.92. The van der Waals surface area contributed by atoms with Crippen molar-refractivity contribution in [3.05, 3.63) is 70.0 Å². The SMILES string of the molecule is CCc1nc2cc(F)c(/C=C/C(=O)NO)cc2c(=O)n1-c1ccc(OC)cc1. The fourth-order valence-electron chi connectivity index (χ4n) is 2.84. The molecule has 0 aliphatic rings. The highest BCUT2D eigenvalue weighted by Crippen LogP contribution is 2.20. The summed E-state index contributed by atoms with van der Waals surface area (Å²) in [4.78, 5) is 28.7. The van der Waals surface area contributed by atoms with Crippen molar-refractivity contribution in [3.8, 4) is 11.4 Å². The predicted molar refractivity (Wildman–Crippen MR) is 102 cm³/mol. The van der Waals surface area contributed by atoms with E-state index >= 15 is 0 Å². The molecule has 1 amide bonds. The minimum atomic E-state index is -0.811. The second-order valence-electron chi connectivity index (χ2n) is 5.92. The molecule has 3 rings (SSSR count). The fraction of sp³-hybridized carbons (Fsp3) is 0.150. The fourth-order valence-corrected chi connectivity index (χ4v) is 2.84. The number of ether oxygens (including phenoxy) is 1. The van der Waals surface area contributed by atoms with Crippen LogP contribution in [0.1, 0.15) is 18.3 Å². The number of nitrogens with one attached hydrogen (secondary N) is 1. The van der Waals surface area contributed by atoms with Gasteiger partial charge in [-0.05, 0) is 36.4 Å². The Balaban J connectivity index is 2.22. The van der Waals surface area contributed by atoms with Crippen LogP contribution in [0.2, 0.25) is 0 Å². The van der Waals surface area contributed by atoms with Crippen LogP contribution >= 0.6 is 0 Å². The molecule has 0 fully saturated rings. The molecule has 2 N–H and O–H groups in total. The van der Waals surface area contributed by atoms with Crippen LogP contribution in [0, 0.1) is 5.82 Å². The maximum Gasteiger partial charge on any atom is 0.267 e. The van der Waals surface area contributed by atoms with Crippen LogP contribution in [-0.4, -0.2) is 27.8 Å². The number of hydrogen-bond donors (Lipinski definition) is 2. The van der Waals surface area contributed by atoms with Gasteiger partial charge in [0.2, 0.25) is 0 Å². The minimum absolute atomic E-state index is 0.0283. The summed E-state index contributed by atoms with van der Waals surface area (Å²) in [5, 5.41) is 8.75. The molecule has 0 unspecified atom stereocenters. The second kappa shape index (κ2) is 8.01. The lowest BCUT2D eigenvalue weighted by Crippen LogP contribution is -2.23. The van der Waals surface area contributed by atoms with Crippen LogP contribution in [-0.2, 0) is 11.2 Å². The van der Waals surface area contributed by atoms with Gasteiger partial charge in [-0.15, -0.1) is 0 Å². The monoisotopic (exact) mass is 383 g/mol. The number of carbonyl (C=O) groups excluding carboxylic acids is 1. The predicted octanol–water partition coefficient (Wildman–Crippen LogP) is 2.61. The summed E-state index contributed by atoms with van der Waals surface area (Å²) in [6.45, 7) is 1.86. The summed E-state index contributed by atoms with van der Waals surface area (Å²) in [5.74, 6) is -0.300. The maximum absolute atomic E-state index is 14.3. The molecule has 0 aliphatic carbocycles. The number of fused-ring (bicyclic) bond motifs is 1. The van der Waals surface area contributed by atoms with Crippen molar-refractivity contribution in [1.82, 2.24) is 15.0 Å². The van der Waals surface area contributed by atoms with E-state index in [2.05, 4.69) is 4.98 Å². The maximum atomic E-state index is 14.3. The highest BCUT2D eigenvalue weighted by Gasteiger charge is 2.14. The van der Waals surface area contributed by atoms with Crippen LogP contribution in [0.4, 0.5) is 4.39 Å². The summed E-state index contributed by atoms with van der Waals surface area (Å²) in [6.07, 6.45) is 2.60. The number of carbonyl (C=O) groups is 1. The molecule has 0 aliphatic heterocycles. The molecule has 0 saturated carbocycles. The van der Waals surface area contributed by atoms with Gasteiger partial charge < -0.3 is 4.74 Å². The Bertz CT molecular complexity index is 1120. The molecule has 0 bridgehead atoms. The molecule has 0 atom stereocenters. The molecule has 0 saturated heterocycles. The van der Waals surface area contributed by atoms with Gasteiger partial charge in [0.1, 0.15) is 17.4 Å². The van der Waals surface area contributed by atoms with E-state index in [0.29, 0.717) is 23.7 Å². The van der Waals surface area contributed by atoms with Crippen LogP contribution in [0.25, 0.3) is 22.7 Å². The first-order chi connectivity index (χ1) is 13.5. The Morgan fingerprint density at radius 3 is 2.64 bits per heavy atom. The molecule has 28 heavy (non-hydrogen) atoms. The molecular weight excluding hydrogens is 365 g/mol. The lowest BCUT2D eigenvalue weighted by molar-refractivity contribution is -0.124. The van der Waals surface area contributed by atoms with Crippen LogP contribution in [0.5, 0.6) is 5.75 Å². The number of methoxy groups -OCH3 is 1. The third-order valence-corrected chi connectivity index (χ3v) is 4.23. The topological polar surface area (TPSA) is 93.5 Å². The van der Waals surface area contributed by atoms with Crippen molar-refractivity contribution >= 4 is 22.9 Å². The van der Waals surface area contributed by atoms with Gasteiger partial charge in [0, 0.05) is 24.1 Å². The summed E-state index contributed by atoms with van der Waals surface area (Å²) < 4.78 is 20.9. The van der Waals surface area contributed by atoms with Gasteiger partial charge in [-0.1, -0.05) is 6.92 Å². The number of halogens is 1. The Kier molecular flexibility index (Phi) is 5.51. The number of aromatic nitrogens is 2. The van der Waals surface area contributed by atoms with Gasteiger partial charge in [0.25, 0.3) is 11.5 Å². The van der Waals surface area contributed by atoms with E-state index in [0.717, 1.165) is 12.1 Å². The van der Waals surface area contributed by atoms with E-state index in [-0.39, 0.29) is 22.0 Å². The number of hydrogen-bond acceptors (Lipinski definition) is 5. The smallest absolute Gasteiger partial charge is 0.267 e. The summed E-state index contributed by atoms with van der Waals surface area (Å²) in [7, 11) is 1.55. The molecule has 0 spiro atoms.